The molecule has 1 aromatic rings. The number of rotatable bonds is 4. The highest BCUT2D eigenvalue weighted by atomic mass is 16.5. The molecule has 0 saturated carbocycles. The van der Waals surface area contributed by atoms with Gasteiger partial charge in [-0.25, -0.2) is 4.79 Å². The van der Waals surface area contributed by atoms with E-state index in [0.29, 0.717) is 5.92 Å². The number of nitrogens with two attached hydrogens (primary N) is 1. The Hall–Kier alpha value is -1.75. The Morgan fingerprint density at radius 3 is 3.00 bits per heavy atom. The summed E-state index contributed by atoms with van der Waals surface area (Å²) in [6.07, 6.45) is 1.07. The van der Waals surface area contributed by atoms with Gasteiger partial charge in [-0.15, -0.1) is 0 Å². The number of aromatic carboxylic acids is 1. The molecule has 4 N–H and O–H groups in total. The summed E-state index contributed by atoms with van der Waals surface area (Å²) in [5.41, 5.74) is 6.93. The van der Waals surface area contributed by atoms with Crippen molar-refractivity contribution in [2.45, 2.75) is 6.42 Å². The first-order chi connectivity index (χ1) is 8.16. The van der Waals surface area contributed by atoms with Gasteiger partial charge in [-0.05, 0) is 24.6 Å². The third-order valence-electron chi connectivity index (χ3n) is 2.90. The number of nitrogens with one attached hydrogen (secondary N) is 1. The SMILES string of the molecule is Nc1cc(NCC2CCOC2)ccc1C(=O)O. The number of carboxylic acids is 1. The Labute approximate surface area is 99.6 Å². The second-order valence-electron chi connectivity index (χ2n) is 4.22. The molecule has 0 bridgehead atoms. The van der Waals surface area contributed by atoms with Gasteiger partial charge >= 0.3 is 5.97 Å². The highest BCUT2D eigenvalue weighted by Crippen LogP contribution is 2.19. The third-order valence-corrected chi connectivity index (χ3v) is 2.90. The number of nitrogen functional groups attached to an aromatic ring is 1. The number of carboxylic acid groups (broad SMARTS) is 1. The quantitative estimate of drug-likeness (QED) is 0.688. The Morgan fingerprint density at radius 1 is 1.59 bits per heavy atom. The van der Waals surface area contributed by atoms with Gasteiger partial charge in [0, 0.05) is 30.4 Å². The first kappa shape index (κ1) is 11.7. The maximum Gasteiger partial charge on any atom is 0.337 e. The fourth-order valence-corrected chi connectivity index (χ4v) is 1.87. The predicted octanol–water partition coefficient (Wildman–Crippen LogP) is 1.42. The molecular weight excluding hydrogens is 220 g/mol. The molecule has 1 fully saturated rings. The minimum atomic E-state index is -1.00. The van der Waals surface area contributed by atoms with Crippen LogP contribution in [0.4, 0.5) is 11.4 Å². The average molecular weight is 236 g/mol. The molecule has 5 nitrogen and oxygen atoms in total. The van der Waals surface area contributed by atoms with E-state index in [2.05, 4.69) is 5.32 Å². The van der Waals surface area contributed by atoms with Gasteiger partial charge in [0.25, 0.3) is 0 Å². The van der Waals surface area contributed by atoms with E-state index in [9.17, 15) is 4.79 Å². The zero-order chi connectivity index (χ0) is 12.3. The van der Waals surface area contributed by atoms with Gasteiger partial charge in [0.2, 0.25) is 0 Å². The molecule has 0 aliphatic carbocycles. The number of carbonyl (C=O) groups is 1. The normalized spacial score (nSPS) is 19.2. The Bertz CT molecular complexity index is 414. The molecule has 0 amide bonds. The number of anilines is 2. The van der Waals surface area contributed by atoms with Crippen molar-refractivity contribution < 1.29 is 14.6 Å². The first-order valence-corrected chi connectivity index (χ1v) is 5.61. The van der Waals surface area contributed by atoms with Crippen molar-refractivity contribution in [3.05, 3.63) is 23.8 Å². The predicted molar refractivity (Wildman–Crippen MR) is 65.2 cm³/mol. The molecule has 17 heavy (non-hydrogen) atoms. The van der Waals surface area contributed by atoms with Crippen LogP contribution >= 0.6 is 0 Å². The minimum Gasteiger partial charge on any atom is -0.478 e. The lowest BCUT2D eigenvalue weighted by Crippen LogP contribution is -2.14. The van der Waals surface area contributed by atoms with Crippen molar-refractivity contribution in [1.29, 1.82) is 0 Å². The Kier molecular flexibility index (Phi) is 3.49. The molecule has 1 unspecified atom stereocenters. The van der Waals surface area contributed by atoms with E-state index in [4.69, 9.17) is 15.6 Å². The van der Waals surface area contributed by atoms with Crippen molar-refractivity contribution in [2.75, 3.05) is 30.8 Å². The average Bonchev–Trinajstić information content (AvgIpc) is 2.78. The molecule has 2 rings (SSSR count). The molecule has 1 atom stereocenters. The smallest absolute Gasteiger partial charge is 0.337 e. The second-order valence-corrected chi connectivity index (χ2v) is 4.22. The number of benzene rings is 1. The van der Waals surface area contributed by atoms with Gasteiger partial charge in [-0.1, -0.05) is 0 Å². The molecular formula is C12H16N2O3. The second kappa shape index (κ2) is 5.05. The zero-order valence-electron chi connectivity index (χ0n) is 9.48. The molecule has 1 saturated heterocycles. The summed E-state index contributed by atoms with van der Waals surface area (Å²) >= 11 is 0. The minimum absolute atomic E-state index is 0.139. The largest absolute Gasteiger partial charge is 0.478 e. The summed E-state index contributed by atoms with van der Waals surface area (Å²) in [6.45, 7) is 2.44. The first-order valence-electron chi connectivity index (χ1n) is 5.61. The van der Waals surface area contributed by atoms with Crippen LogP contribution in [-0.2, 0) is 4.74 Å². The number of hydrogen-bond acceptors (Lipinski definition) is 4. The van der Waals surface area contributed by atoms with E-state index in [-0.39, 0.29) is 11.3 Å². The van der Waals surface area contributed by atoms with E-state index in [1.54, 1.807) is 12.1 Å². The highest BCUT2D eigenvalue weighted by molar-refractivity contribution is 5.94. The molecule has 0 radical (unpaired) electrons. The van der Waals surface area contributed by atoms with Crippen LogP contribution in [0, 0.1) is 5.92 Å². The fraction of sp³-hybridized carbons (Fsp3) is 0.417. The van der Waals surface area contributed by atoms with Crippen LogP contribution in [0.3, 0.4) is 0 Å². The summed E-state index contributed by atoms with van der Waals surface area (Å²) in [5.74, 6) is -0.478. The van der Waals surface area contributed by atoms with Gasteiger partial charge < -0.3 is 20.9 Å². The monoisotopic (exact) mass is 236 g/mol. The van der Waals surface area contributed by atoms with Gasteiger partial charge in [-0.3, -0.25) is 0 Å². The number of ether oxygens (including phenoxy) is 1. The Balaban J connectivity index is 1.97. The molecule has 0 aromatic heterocycles. The molecule has 1 aromatic carbocycles. The molecule has 1 aliphatic heterocycles. The van der Waals surface area contributed by atoms with Crippen LogP contribution < -0.4 is 11.1 Å². The summed E-state index contributed by atoms with van der Waals surface area (Å²) < 4.78 is 5.28. The van der Waals surface area contributed by atoms with Crippen molar-refractivity contribution in [3.8, 4) is 0 Å². The number of hydrogen-bond donors (Lipinski definition) is 3. The summed E-state index contributed by atoms with van der Waals surface area (Å²) in [7, 11) is 0. The maximum absolute atomic E-state index is 10.8. The highest BCUT2D eigenvalue weighted by Gasteiger charge is 2.15. The molecule has 0 spiro atoms. The van der Waals surface area contributed by atoms with Crippen LogP contribution in [0.5, 0.6) is 0 Å². The summed E-state index contributed by atoms with van der Waals surface area (Å²) in [4.78, 5) is 10.8. The Morgan fingerprint density at radius 2 is 2.41 bits per heavy atom. The van der Waals surface area contributed by atoms with Crippen LogP contribution in [-0.4, -0.2) is 30.8 Å². The van der Waals surface area contributed by atoms with Crippen LogP contribution in [0.15, 0.2) is 18.2 Å². The van der Waals surface area contributed by atoms with Gasteiger partial charge in [0.1, 0.15) is 0 Å². The van der Waals surface area contributed by atoms with E-state index in [1.807, 2.05) is 0 Å². The van der Waals surface area contributed by atoms with E-state index < -0.39 is 5.97 Å². The molecule has 92 valence electrons. The topological polar surface area (TPSA) is 84.6 Å². The van der Waals surface area contributed by atoms with Crippen LogP contribution in [0.2, 0.25) is 0 Å². The molecule has 1 aliphatic rings. The van der Waals surface area contributed by atoms with E-state index >= 15 is 0 Å². The van der Waals surface area contributed by atoms with Crippen LogP contribution in [0.25, 0.3) is 0 Å². The molecule has 5 heteroatoms. The summed E-state index contributed by atoms with van der Waals surface area (Å²) in [5, 5.41) is 12.1. The van der Waals surface area contributed by atoms with Crippen molar-refractivity contribution >= 4 is 17.3 Å². The van der Waals surface area contributed by atoms with Crippen LogP contribution in [0.1, 0.15) is 16.8 Å². The molecule has 1 heterocycles. The van der Waals surface area contributed by atoms with Crippen molar-refractivity contribution in [3.63, 3.8) is 0 Å². The standard InChI is InChI=1S/C12H16N2O3/c13-11-5-9(1-2-10(11)12(15)16)14-6-8-3-4-17-7-8/h1-2,5,8,14H,3-4,6-7,13H2,(H,15,16). The van der Waals surface area contributed by atoms with Gasteiger partial charge in [-0.2, -0.15) is 0 Å². The van der Waals surface area contributed by atoms with E-state index in [0.717, 1.165) is 31.9 Å². The summed E-state index contributed by atoms with van der Waals surface area (Å²) in [6, 6.07) is 4.90. The zero-order valence-corrected chi connectivity index (χ0v) is 9.48. The van der Waals surface area contributed by atoms with Gasteiger partial charge in [0.05, 0.1) is 12.2 Å². The fourth-order valence-electron chi connectivity index (χ4n) is 1.87. The lowest BCUT2D eigenvalue weighted by Gasteiger charge is -2.11. The van der Waals surface area contributed by atoms with Crippen molar-refractivity contribution in [2.24, 2.45) is 5.92 Å². The lowest BCUT2D eigenvalue weighted by atomic mass is 10.1. The van der Waals surface area contributed by atoms with Gasteiger partial charge in [0.15, 0.2) is 0 Å². The maximum atomic E-state index is 10.8. The lowest BCUT2D eigenvalue weighted by molar-refractivity contribution is 0.0698. The third kappa shape index (κ3) is 2.88. The van der Waals surface area contributed by atoms with E-state index in [1.165, 1.54) is 6.07 Å². The van der Waals surface area contributed by atoms with Crippen molar-refractivity contribution in [1.82, 2.24) is 0 Å².